The van der Waals surface area contributed by atoms with Crippen LogP contribution in [0.1, 0.15) is 5.56 Å². The zero-order valence-corrected chi connectivity index (χ0v) is 9.68. The summed E-state index contributed by atoms with van der Waals surface area (Å²) in [5.74, 6) is -0.435. The topological polar surface area (TPSA) is 46.5 Å². The van der Waals surface area contributed by atoms with Crippen LogP contribution in [0, 0.1) is 0 Å². The van der Waals surface area contributed by atoms with Crippen LogP contribution in [0.2, 0.25) is 0 Å². The third kappa shape index (κ3) is 3.99. The van der Waals surface area contributed by atoms with Gasteiger partial charge in [-0.05, 0) is 16.4 Å². The fourth-order valence-electron chi connectivity index (χ4n) is 0.964. The first-order chi connectivity index (χ1) is 7.27. The summed E-state index contributed by atoms with van der Waals surface area (Å²) in [7, 11) is 2.42. The Morgan fingerprint density at radius 2 is 2.07 bits per heavy atom. The maximum Gasteiger partial charge on any atom is 0.331 e. The van der Waals surface area contributed by atoms with Gasteiger partial charge in [-0.1, -0.05) is 30.3 Å². The summed E-state index contributed by atoms with van der Waals surface area (Å²) >= 11 is 0.598. The van der Waals surface area contributed by atoms with Gasteiger partial charge in [0.05, 0.1) is 18.2 Å². The lowest BCUT2D eigenvalue weighted by Gasteiger charge is -2.03. The van der Waals surface area contributed by atoms with Crippen molar-refractivity contribution in [1.82, 2.24) is 0 Å². The number of hydrogen-bond acceptors (Lipinski definition) is 5. The van der Waals surface area contributed by atoms with Crippen LogP contribution in [0.4, 0.5) is 0 Å². The van der Waals surface area contributed by atoms with Gasteiger partial charge in [0.2, 0.25) is 0 Å². The Balaban J connectivity index is 2.93. The zero-order valence-electron chi connectivity index (χ0n) is 8.04. The molecular weight excluding hydrogens is 232 g/mol. The van der Waals surface area contributed by atoms with E-state index in [-0.39, 0.29) is 0 Å². The van der Waals surface area contributed by atoms with Crippen molar-refractivity contribution in [3.63, 3.8) is 0 Å². The van der Waals surface area contributed by atoms with Crippen molar-refractivity contribution in [2.24, 2.45) is 0 Å². The van der Waals surface area contributed by atoms with Crippen molar-refractivity contribution in [2.75, 3.05) is 7.11 Å². The number of methoxy groups -OCH3 is 1. The first-order valence-electron chi connectivity index (χ1n) is 4.11. The van der Waals surface area contributed by atoms with Crippen molar-refractivity contribution in [3.8, 4) is 0 Å². The van der Waals surface area contributed by atoms with E-state index in [0.29, 0.717) is 16.0 Å². The highest BCUT2D eigenvalue weighted by Crippen LogP contribution is 2.34. The molecular formula is C10H10O3S2. The molecule has 0 saturated carbocycles. The van der Waals surface area contributed by atoms with Gasteiger partial charge >= 0.3 is 5.97 Å². The van der Waals surface area contributed by atoms with Crippen molar-refractivity contribution in [2.45, 2.75) is 0 Å². The number of carbonyl (C=O) groups is 1. The van der Waals surface area contributed by atoms with E-state index >= 15 is 0 Å². The fourth-order valence-corrected chi connectivity index (χ4v) is 2.09. The molecule has 0 aromatic heterocycles. The minimum Gasteiger partial charge on any atom is -0.466 e. The van der Waals surface area contributed by atoms with Crippen molar-refractivity contribution in [1.29, 1.82) is 0 Å². The zero-order chi connectivity index (χ0) is 11.1. The lowest BCUT2D eigenvalue weighted by Crippen LogP contribution is -1.95. The van der Waals surface area contributed by atoms with Crippen LogP contribution < -0.4 is 0 Å². The molecule has 1 rings (SSSR count). The van der Waals surface area contributed by atoms with Crippen LogP contribution in [0.5, 0.6) is 0 Å². The Labute approximate surface area is 96.1 Å². The highest BCUT2D eigenvalue weighted by Gasteiger charge is 2.05. The first kappa shape index (κ1) is 12.2. The molecule has 0 heterocycles. The predicted octanol–water partition coefficient (Wildman–Crippen LogP) is 3.05. The second-order valence-corrected chi connectivity index (χ2v) is 4.26. The van der Waals surface area contributed by atoms with E-state index in [1.165, 1.54) is 13.2 Å². The van der Waals surface area contributed by atoms with Gasteiger partial charge in [0, 0.05) is 11.0 Å². The van der Waals surface area contributed by atoms with E-state index in [1.54, 1.807) is 0 Å². The van der Waals surface area contributed by atoms with Crippen molar-refractivity contribution < 1.29 is 14.1 Å². The smallest absolute Gasteiger partial charge is 0.331 e. The van der Waals surface area contributed by atoms with Crippen LogP contribution in [-0.2, 0) is 9.53 Å². The van der Waals surface area contributed by atoms with E-state index < -0.39 is 5.97 Å². The molecule has 0 spiro atoms. The SMILES string of the molecule is COC(=O)/C=C(\SSO)c1ccccc1. The van der Waals surface area contributed by atoms with Crippen LogP contribution in [-0.4, -0.2) is 17.6 Å². The third-order valence-corrected chi connectivity index (χ3v) is 3.01. The number of rotatable bonds is 4. The lowest BCUT2D eigenvalue weighted by molar-refractivity contribution is -0.134. The van der Waals surface area contributed by atoms with Gasteiger partial charge in [0.1, 0.15) is 0 Å². The molecule has 80 valence electrons. The number of carbonyl (C=O) groups excluding carboxylic acids is 1. The number of hydrogen-bond donors (Lipinski definition) is 1. The Hall–Kier alpha value is -0.910. The first-order valence-corrected chi connectivity index (χ1v) is 6.21. The summed E-state index contributed by atoms with van der Waals surface area (Å²) in [5, 5.41) is 0. The van der Waals surface area contributed by atoms with E-state index in [2.05, 4.69) is 4.74 Å². The Kier molecular flexibility index (Phi) is 5.31. The van der Waals surface area contributed by atoms with Crippen molar-refractivity contribution in [3.05, 3.63) is 42.0 Å². The average Bonchev–Trinajstić information content (AvgIpc) is 2.29. The molecule has 3 nitrogen and oxygen atoms in total. The highest BCUT2D eigenvalue weighted by molar-refractivity contribution is 8.78. The third-order valence-electron chi connectivity index (χ3n) is 1.64. The quantitative estimate of drug-likeness (QED) is 0.380. The molecule has 0 radical (unpaired) electrons. The monoisotopic (exact) mass is 242 g/mol. The maximum absolute atomic E-state index is 11.1. The molecule has 0 bridgehead atoms. The predicted molar refractivity (Wildman–Crippen MR) is 64.2 cm³/mol. The van der Waals surface area contributed by atoms with Gasteiger partial charge < -0.3 is 9.29 Å². The molecule has 15 heavy (non-hydrogen) atoms. The number of benzene rings is 1. The number of ether oxygens (including phenoxy) is 1. The molecule has 5 heteroatoms. The number of esters is 1. The van der Waals surface area contributed by atoms with Gasteiger partial charge in [0.15, 0.2) is 0 Å². The summed E-state index contributed by atoms with van der Waals surface area (Å²) in [4.78, 5) is 11.7. The Bertz CT molecular complexity index is 349. The standard InChI is InChI=1S/C10H10O3S2/c1-13-10(11)7-9(14-15-12)8-5-3-2-4-6-8/h2-7,12H,1H3/b9-7-. The Morgan fingerprint density at radius 3 is 2.60 bits per heavy atom. The van der Waals surface area contributed by atoms with E-state index in [1.807, 2.05) is 30.3 Å². The summed E-state index contributed by atoms with van der Waals surface area (Å²) in [5.41, 5.74) is 0.870. The minimum absolute atomic E-state index is 0.435. The van der Waals surface area contributed by atoms with E-state index in [4.69, 9.17) is 4.55 Å². The molecule has 0 aliphatic rings. The van der Waals surface area contributed by atoms with Crippen LogP contribution in [0.3, 0.4) is 0 Å². The minimum atomic E-state index is -0.435. The molecule has 0 aliphatic heterocycles. The largest absolute Gasteiger partial charge is 0.466 e. The molecule has 0 saturated heterocycles. The highest BCUT2D eigenvalue weighted by atomic mass is 33.1. The van der Waals surface area contributed by atoms with Crippen LogP contribution in [0.25, 0.3) is 4.91 Å². The van der Waals surface area contributed by atoms with E-state index in [9.17, 15) is 4.79 Å². The molecule has 1 N–H and O–H groups in total. The summed E-state index contributed by atoms with van der Waals surface area (Å²) < 4.78 is 13.3. The molecule has 0 atom stereocenters. The van der Waals surface area contributed by atoms with Crippen molar-refractivity contribution >= 4 is 32.7 Å². The summed E-state index contributed by atoms with van der Waals surface area (Å²) in [6, 6.07) is 9.33. The van der Waals surface area contributed by atoms with Crippen LogP contribution >= 0.6 is 21.9 Å². The van der Waals surface area contributed by atoms with Gasteiger partial charge in [-0.25, -0.2) is 4.79 Å². The lowest BCUT2D eigenvalue weighted by atomic mass is 10.2. The van der Waals surface area contributed by atoms with Gasteiger partial charge in [0.25, 0.3) is 0 Å². The average molecular weight is 242 g/mol. The molecule has 0 amide bonds. The normalized spacial score (nSPS) is 11.2. The summed E-state index contributed by atoms with van der Waals surface area (Å²) in [6.45, 7) is 0. The van der Waals surface area contributed by atoms with Crippen LogP contribution in [0.15, 0.2) is 36.4 Å². The molecule has 0 unspecified atom stereocenters. The fraction of sp³-hybridized carbons (Fsp3) is 0.100. The van der Waals surface area contributed by atoms with Gasteiger partial charge in [-0.2, -0.15) is 0 Å². The Morgan fingerprint density at radius 1 is 1.40 bits per heavy atom. The second-order valence-electron chi connectivity index (χ2n) is 2.56. The second kappa shape index (κ2) is 6.55. The van der Waals surface area contributed by atoms with Gasteiger partial charge in [-0.15, -0.1) is 0 Å². The molecule has 0 fully saturated rings. The molecule has 1 aromatic rings. The van der Waals surface area contributed by atoms with Gasteiger partial charge in [-0.3, -0.25) is 0 Å². The van der Waals surface area contributed by atoms with E-state index in [0.717, 1.165) is 16.4 Å². The molecule has 0 aliphatic carbocycles. The summed E-state index contributed by atoms with van der Waals surface area (Å²) in [6.07, 6.45) is 1.35. The molecule has 1 aromatic carbocycles. The maximum atomic E-state index is 11.1.